The number of hydrogen-bond donors (Lipinski definition) is 1. The molecule has 86 valence electrons. The average Bonchev–Trinajstić information content (AvgIpc) is 2.66. The Morgan fingerprint density at radius 1 is 1.53 bits per heavy atom. The number of nitrogens with zero attached hydrogens (tertiary/aromatic N) is 2. The Morgan fingerprint density at radius 2 is 2.33 bits per heavy atom. The van der Waals surface area contributed by atoms with Gasteiger partial charge >= 0.3 is 0 Å². The molecule has 0 radical (unpaired) electrons. The number of aryl methyl sites for hydroxylation is 1. The van der Waals surface area contributed by atoms with Crippen LogP contribution in [0.25, 0.3) is 0 Å². The third-order valence-corrected chi connectivity index (χ3v) is 2.34. The van der Waals surface area contributed by atoms with Crippen molar-refractivity contribution in [3.63, 3.8) is 0 Å². The first kappa shape index (κ1) is 12.2. The van der Waals surface area contributed by atoms with Crippen LogP contribution in [0.1, 0.15) is 26.1 Å². The van der Waals surface area contributed by atoms with Crippen LogP contribution in [0, 0.1) is 0 Å². The molecule has 4 heteroatoms. The van der Waals surface area contributed by atoms with Gasteiger partial charge in [0, 0.05) is 32.0 Å². The van der Waals surface area contributed by atoms with Crippen molar-refractivity contribution in [3.8, 4) is 0 Å². The Kier molecular flexibility index (Phi) is 5.36. The molecule has 0 spiro atoms. The maximum Gasteiger partial charge on any atom is 0.108 e. The van der Waals surface area contributed by atoms with Crippen LogP contribution >= 0.6 is 0 Å². The quantitative estimate of drug-likeness (QED) is 0.737. The second kappa shape index (κ2) is 6.58. The predicted octanol–water partition coefficient (Wildman–Crippen LogP) is 1.20. The average molecular weight is 211 g/mol. The van der Waals surface area contributed by atoms with E-state index >= 15 is 0 Å². The third-order valence-electron chi connectivity index (χ3n) is 2.34. The standard InChI is InChI=1S/C11H21N3O/c1-3-5-11-13-6-7-14(11)9-10(8-12)15-4-2/h6-7,10H,3-5,8-9,12H2,1-2H3. The van der Waals surface area contributed by atoms with Gasteiger partial charge in [0.2, 0.25) is 0 Å². The van der Waals surface area contributed by atoms with Gasteiger partial charge in [-0.3, -0.25) is 0 Å². The summed E-state index contributed by atoms with van der Waals surface area (Å²) >= 11 is 0. The van der Waals surface area contributed by atoms with Crippen molar-refractivity contribution in [3.05, 3.63) is 18.2 Å². The molecule has 0 bridgehead atoms. The van der Waals surface area contributed by atoms with Crippen LogP contribution in [0.2, 0.25) is 0 Å². The van der Waals surface area contributed by atoms with E-state index in [0.29, 0.717) is 13.2 Å². The summed E-state index contributed by atoms with van der Waals surface area (Å²) in [5.74, 6) is 1.12. The van der Waals surface area contributed by atoms with E-state index in [2.05, 4.69) is 16.5 Å². The summed E-state index contributed by atoms with van der Waals surface area (Å²) in [5.41, 5.74) is 5.64. The first-order valence-electron chi connectivity index (χ1n) is 5.63. The fourth-order valence-corrected chi connectivity index (χ4v) is 1.61. The van der Waals surface area contributed by atoms with Crippen LogP contribution in [-0.2, 0) is 17.7 Å². The number of ether oxygens (including phenoxy) is 1. The minimum atomic E-state index is 0.0970. The van der Waals surface area contributed by atoms with Gasteiger partial charge in [-0.05, 0) is 13.3 Å². The molecule has 15 heavy (non-hydrogen) atoms. The van der Waals surface area contributed by atoms with Gasteiger partial charge in [-0.15, -0.1) is 0 Å². The number of aromatic nitrogens is 2. The van der Waals surface area contributed by atoms with Gasteiger partial charge in [-0.25, -0.2) is 4.98 Å². The molecule has 2 N–H and O–H groups in total. The second-order valence-electron chi connectivity index (χ2n) is 3.56. The van der Waals surface area contributed by atoms with E-state index in [4.69, 9.17) is 10.5 Å². The normalized spacial score (nSPS) is 13.0. The van der Waals surface area contributed by atoms with Gasteiger partial charge in [0.05, 0.1) is 12.6 Å². The smallest absolute Gasteiger partial charge is 0.108 e. The molecule has 1 heterocycles. The van der Waals surface area contributed by atoms with Crippen molar-refractivity contribution in [2.75, 3.05) is 13.2 Å². The Hall–Kier alpha value is -0.870. The number of imidazole rings is 1. The summed E-state index contributed by atoms with van der Waals surface area (Å²) in [6.45, 7) is 6.21. The number of rotatable bonds is 7. The molecule has 0 amide bonds. The fraction of sp³-hybridized carbons (Fsp3) is 0.727. The van der Waals surface area contributed by atoms with Crippen LogP contribution < -0.4 is 5.73 Å². The summed E-state index contributed by atoms with van der Waals surface area (Å²) in [4.78, 5) is 4.32. The molecular weight excluding hydrogens is 190 g/mol. The molecule has 0 saturated carbocycles. The van der Waals surface area contributed by atoms with Gasteiger partial charge in [-0.2, -0.15) is 0 Å². The number of hydrogen-bond acceptors (Lipinski definition) is 3. The van der Waals surface area contributed by atoms with Crippen LogP contribution in [0.5, 0.6) is 0 Å². The highest BCUT2D eigenvalue weighted by atomic mass is 16.5. The van der Waals surface area contributed by atoms with Crippen LogP contribution in [-0.4, -0.2) is 28.8 Å². The van der Waals surface area contributed by atoms with E-state index in [-0.39, 0.29) is 6.10 Å². The SMILES string of the molecule is CCCc1nccn1CC(CN)OCC. The van der Waals surface area contributed by atoms with Crippen molar-refractivity contribution in [2.24, 2.45) is 5.73 Å². The van der Waals surface area contributed by atoms with Crippen molar-refractivity contribution in [1.29, 1.82) is 0 Å². The lowest BCUT2D eigenvalue weighted by Crippen LogP contribution is -2.29. The van der Waals surface area contributed by atoms with Gasteiger partial charge < -0.3 is 15.0 Å². The topological polar surface area (TPSA) is 53.1 Å². The molecule has 0 saturated heterocycles. The first-order chi connectivity index (χ1) is 7.31. The van der Waals surface area contributed by atoms with Gasteiger partial charge in [-0.1, -0.05) is 6.92 Å². The molecule has 0 aliphatic carbocycles. The molecule has 1 aromatic heterocycles. The van der Waals surface area contributed by atoms with Gasteiger partial charge in [0.1, 0.15) is 5.82 Å². The Morgan fingerprint density at radius 3 is 2.93 bits per heavy atom. The predicted molar refractivity (Wildman–Crippen MR) is 60.7 cm³/mol. The monoisotopic (exact) mass is 211 g/mol. The Balaban J connectivity index is 2.57. The maximum atomic E-state index is 5.64. The molecule has 1 unspecified atom stereocenters. The molecule has 1 rings (SSSR count). The van der Waals surface area contributed by atoms with E-state index in [1.807, 2.05) is 19.3 Å². The van der Waals surface area contributed by atoms with Crippen LogP contribution in [0.15, 0.2) is 12.4 Å². The summed E-state index contributed by atoms with van der Waals surface area (Å²) < 4.78 is 7.66. The van der Waals surface area contributed by atoms with Crippen LogP contribution in [0.4, 0.5) is 0 Å². The lowest BCUT2D eigenvalue weighted by Gasteiger charge is -2.16. The molecule has 0 aromatic carbocycles. The minimum absolute atomic E-state index is 0.0970. The molecule has 1 atom stereocenters. The zero-order valence-corrected chi connectivity index (χ0v) is 9.65. The largest absolute Gasteiger partial charge is 0.375 e. The summed E-state index contributed by atoms with van der Waals surface area (Å²) in [5, 5.41) is 0. The molecule has 0 aliphatic heterocycles. The van der Waals surface area contributed by atoms with Gasteiger partial charge in [0.15, 0.2) is 0 Å². The Labute approximate surface area is 91.4 Å². The van der Waals surface area contributed by atoms with Crippen molar-refractivity contribution < 1.29 is 4.74 Å². The van der Waals surface area contributed by atoms with E-state index in [9.17, 15) is 0 Å². The minimum Gasteiger partial charge on any atom is -0.375 e. The highest BCUT2D eigenvalue weighted by Crippen LogP contribution is 2.04. The lowest BCUT2D eigenvalue weighted by molar-refractivity contribution is 0.0561. The van der Waals surface area contributed by atoms with E-state index in [1.54, 1.807) is 0 Å². The number of nitrogens with two attached hydrogens (primary N) is 1. The highest BCUT2D eigenvalue weighted by molar-refractivity contribution is 4.93. The molecule has 0 fully saturated rings. The molecule has 0 aliphatic rings. The van der Waals surface area contributed by atoms with Crippen molar-refractivity contribution >= 4 is 0 Å². The lowest BCUT2D eigenvalue weighted by atomic mass is 10.3. The highest BCUT2D eigenvalue weighted by Gasteiger charge is 2.09. The van der Waals surface area contributed by atoms with Gasteiger partial charge in [0.25, 0.3) is 0 Å². The summed E-state index contributed by atoms with van der Waals surface area (Å²) in [7, 11) is 0. The zero-order valence-electron chi connectivity index (χ0n) is 9.65. The van der Waals surface area contributed by atoms with E-state index in [1.165, 1.54) is 0 Å². The van der Waals surface area contributed by atoms with E-state index in [0.717, 1.165) is 25.2 Å². The zero-order chi connectivity index (χ0) is 11.1. The Bertz CT molecular complexity index is 273. The van der Waals surface area contributed by atoms with Crippen molar-refractivity contribution in [1.82, 2.24) is 9.55 Å². The first-order valence-corrected chi connectivity index (χ1v) is 5.63. The molecule has 4 nitrogen and oxygen atoms in total. The third kappa shape index (κ3) is 3.64. The van der Waals surface area contributed by atoms with Crippen LogP contribution in [0.3, 0.4) is 0 Å². The van der Waals surface area contributed by atoms with Crippen molar-refractivity contribution in [2.45, 2.75) is 39.3 Å². The van der Waals surface area contributed by atoms with E-state index < -0.39 is 0 Å². The molecule has 1 aromatic rings. The second-order valence-corrected chi connectivity index (χ2v) is 3.56. The fourth-order valence-electron chi connectivity index (χ4n) is 1.61. The summed E-state index contributed by atoms with van der Waals surface area (Å²) in [6.07, 6.45) is 6.05. The molecular formula is C11H21N3O. The summed E-state index contributed by atoms with van der Waals surface area (Å²) in [6, 6.07) is 0. The maximum absolute atomic E-state index is 5.64.